The summed E-state index contributed by atoms with van der Waals surface area (Å²) in [6.07, 6.45) is 1.07. The van der Waals surface area contributed by atoms with Gasteiger partial charge in [0.25, 0.3) is 10.1 Å². The molecule has 0 unspecified atom stereocenters. The molecule has 152 valence electrons. The van der Waals surface area contributed by atoms with Crippen LogP contribution in [0.2, 0.25) is 0 Å². The number of rotatable bonds is 4. The Morgan fingerprint density at radius 1 is 1.27 bits per heavy atom. The molecule has 3 rings (SSSR count). The van der Waals surface area contributed by atoms with Gasteiger partial charge in [-0.1, -0.05) is 0 Å². The predicted molar refractivity (Wildman–Crippen MR) is 93.8 cm³/mol. The third-order valence-corrected chi connectivity index (χ3v) is 5.41. The summed E-state index contributed by atoms with van der Waals surface area (Å²) in [5, 5.41) is 1.95. The Morgan fingerprint density at radius 2 is 1.96 bits per heavy atom. The lowest BCUT2D eigenvalue weighted by Gasteiger charge is -2.31. The van der Waals surface area contributed by atoms with Crippen LogP contribution in [0, 0.1) is 5.92 Å². The Morgan fingerprint density at radius 3 is 2.58 bits per heavy atom. The molecule has 0 N–H and O–H groups in total. The van der Waals surface area contributed by atoms with Gasteiger partial charge in [-0.15, -0.1) is 0 Å². The van der Waals surface area contributed by atoms with E-state index in [1.807, 2.05) is 39.7 Å². The lowest BCUT2D eigenvalue weighted by atomic mass is 9.89. The molecular weight excluding hydrogens is 362 g/mol. The highest BCUT2D eigenvalue weighted by Crippen LogP contribution is 2.42. The fraction of sp³-hybridized carbons (Fsp3) is 1.00. The molecule has 0 aromatic carbocycles. The van der Waals surface area contributed by atoms with Crippen LogP contribution in [-0.4, -0.2) is 75.2 Å². The first kappa shape index (κ1) is 20.4. The van der Waals surface area contributed by atoms with E-state index in [-0.39, 0.29) is 36.4 Å². The number of ether oxygens (including phenoxy) is 3. The van der Waals surface area contributed by atoms with Crippen LogP contribution < -0.4 is 0 Å². The molecule has 8 nitrogen and oxygen atoms in total. The lowest BCUT2D eigenvalue weighted by molar-refractivity contribution is -0.259. The zero-order valence-corrected chi connectivity index (χ0v) is 17.2. The van der Waals surface area contributed by atoms with Crippen molar-refractivity contribution in [3.05, 3.63) is 0 Å². The highest BCUT2D eigenvalue weighted by molar-refractivity contribution is 7.85. The van der Waals surface area contributed by atoms with E-state index in [2.05, 4.69) is 0 Å². The first-order chi connectivity index (χ1) is 11.8. The summed E-state index contributed by atoms with van der Waals surface area (Å²) >= 11 is 0. The molecule has 3 fully saturated rings. The maximum atomic E-state index is 11.4. The van der Waals surface area contributed by atoms with Crippen molar-refractivity contribution in [1.82, 2.24) is 5.06 Å². The molecule has 0 bridgehead atoms. The van der Waals surface area contributed by atoms with Crippen LogP contribution in [0.4, 0.5) is 0 Å². The van der Waals surface area contributed by atoms with E-state index in [0.717, 1.165) is 19.2 Å². The van der Waals surface area contributed by atoms with Gasteiger partial charge >= 0.3 is 0 Å². The number of hydrogen-bond acceptors (Lipinski definition) is 8. The summed E-state index contributed by atoms with van der Waals surface area (Å²) in [6.45, 7) is 10.9. The van der Waals surface area contributed by atoms with E-state index in [9.17, 15) is 8.42 Å². The molecular formula is C17H31NO7S. The quantitative estimate of drug-likeness (QED) is 0.661. The van der Waals surface area contributed by atoms with Crippen molar-refractivity contribution in [2.24, 2.45) is 5.92 Å². The molecule has 0 aromatic heterocycles. The molecule has 3 aliphatic rings. The predicted octanol–water partition coefficient (Wildman–Crippen LogP) is 1.30. The zero-order chi connectivity index (χ0) is 19.3. The summed E-state index contributed by atoms with van der Waals surface area (Å²) in [5.74, 6) is -0.831. The van der Waals surface area contributed by atoms with Crippen molar-refractivity contribution in [2.75, 3.05) is 26.0 Å². The average Bonchev–Trinajstić information content (AvgIpc) is 2.96. The van der Waals surface area contributed by atoms with Crippen molar-refractivity contribution < 1.29 is 31.6 Å². The number of fused-ring (bicyclic) bond motifs is 3. The molecule has 3 heterocycles. The largest absolute Gasteiger partial charge is 0.371 e. The van der Waals surface area contributed by atoms with Gasteiger partial charge in [-0.2, -0.15) is 13.5 Å². The second-order valence-electron chi connectivity index (χ2n) is 8.78. The van der Waals surface area contributed by atoms with Crippen LogP contribution in [0.25, 0.3) is 0 Å². The van der Waals surface area contributed by atoms with Crippen molar-refractivity contribution in [3.63, 3.8) is 0 Å². The first-order valence-corrected chi connectivity index (χ1v) is 10.9. The van der Waals surface area contributed by atoms with Crippen LogP contribution in [0.5, 0.6) is 0 Å². The molecule has 3 aliphatic heterocycles. The van der Waals surface area contributed by atoms with E-state index in [1.165, 1.54) is 0 Å². The summed E-state index contributed by atoms with van der Waals surface area (Å²) < 4.78 is 46.1. The molecule has 0 aromatic rings. The Bertz CT molecular complexity index is 615. The van der Waals surface area contributed by atoms with E-state index < -0.39 is 22.0 Å². The minimum Gasteiger partial charge on any atom is -0.371 e. The van der Waals surface area contributed by atoms with Gasteiger partial charge in [0.05, 0.1) is 37.2 Å². The molecule has 0 radical (unpaired) electrons. The van der Waals surface area contributed by atoms with Crippen molar-refractivity contribution >= 4 is 10.1 Å². The third-order valence-electron chi connectivity index (χ3n) is 4.84. The van der Waals surface area contributed by atoms with Gasteiger partial charge in [-0.25, -0.2) is 0 Å². The van der Waals surface area contributed by atoms with Crippen LogP contribution >= 0.6 is 0 Å². The Hall–Kier alpha value is -0.290. The highest BCUT2D eigenvalue weighted by atomic mass is 32.2. The van der Waals surface area contributed by atoms with Crippen LogP contribution in [0.3, 0.4) is 0 Å². The fourth-order valence-corrected chi connectivity index (χ4v) is 4.38. The van der Waals surface area contributed by atoms with Gasteiger partial charge in [0.15, 0.2) is 5.79 Å². The van der Waals surface area contributed by atoms with Crippen LogP contribution in [-0.2, 0) is 33.3 Å². The minimum absolute atomic E-state index is 0.0137. The Balaban J connectivity index is 1.80. The second-order valence-corrected chi connectivity index (χ2v) is 10.4. The molecule has 0 aliphatic carbocycles. The third kappa shape index (κ3) is 4.76. The fourth-order valence-electron chi connectivity index (χ4n) is 4.00. The van der Waals surface area contributed by atoms with Crippen molar-refractivity contribution in [2.45, 2.75) is 76.8 Å². The van der Waals surface area contributed by atoms with Crippen LogP contribution in [0.1, 0.15) is 41.0 Å². The molecule has 5 atom stereocenters. The summed E-state index contributed by atoms with van der Waals surface area (Å²) in [4.78, 5) is 6.16. The van der Waals surface area contributed by atoms with E-state index in [1.54, 1.807) is 0 Å². The Labute approximate surface area is 156 Å². The van der Waals surface area contributed by atoms with Gasteiger partial charge < -0.3 is 14.2 Å². The second kappa shape index (κ2) is 6.95. The molecule has 0 amide bonds. The lowest BCUT2D eigenvalue weighted by Crippen LogP contribution is -2.44. The van der Waals surface area contributed by atoms with Crippen molar-refractivity contribution in [1.29, 1.82) is 0 Å². The summed E-state index contributed by atoms with van der Waals surface area (Å²) in [7, 11) is -3.57. The van der Waals surface area contributed by atoms with E-state index >= 15 is 0 Å². The SMILES string of the molecule is CC(C)(C)O[C@H]1CCN2O[C@H]3[C@H](COC(C)(C)O[C@H]3COS(C)(=O)=O)[C@@H]12. The highest BCUT2D eigenvalue weighted by Gasteiger charge is 2.56. The standard InChI is InChI=1S/C17H31NO7S/c1-16(2,3)23-12-7-8-18-14(12)11-9-21-17(4,5)24-13(15(11)25-18)10-22-26(6,19)20/h11-15H,7-10H2,1-6H3/t11-,12+,13+,14+,15+/m1/s1. The maximum absolute atomic E-state index is 11.4. The van der Waals surface area contributed by atoms with Gasteiger partial charge in [0.2, 0.25) is 0 Å². The number of hydrogen-bond donors (Lipinski definition) is 0. The van der Waals surface area contributed by atoms with Gasteiger partial charge in [-0.05, 0) is 41.0 Å². The molecule has 3 saturated heterocycles. The normalized spacial score (nSPS) is 38.0. The smallest absolute Gasteiger partial charge is 0.264 e. The molecule has 26 heavy (non-hydrogen) atoms. The molecule has 9 heteroatoms. The van der Waals surface area contributed by atoms with Crippen molar-refractivity contribution in [3.8, 4) is 0 Å². The molecule has 0 spiro atoms. The average molecular weight is 394 g/mol. The topological polar surface area (TPSA) is 83.5 Å². The summed E-state index contributed by atoms with van der Waals surface area (Å²) in [5.41, 5.74) is -0.251. The monoisotopic (exact) mass is 393 g/mol. The Kier molecular flexibility index (Phi) is 5.46. The minimum atomic E-state index is -3.57. The number of nitrogens with zero attached hydrogens (tertiary/aromatic N) is 1. The van der Waals surface area contributed by atoms with E-state index in [4.69, 9.17) is 23.2 Å². The zero-order valence-electron chi connectivity index (χ0n) is 16.4. The van der Waals surface area contributed by atoms with Gasteiger partial charge in [-0.3, -0.25) is 9.02 Å². The van der Waals surface area contributed by atoms with E-state index in [0.29, 0.717) is 6.61 Å². The first-order valence-electron chi connectivity index (χ1n) is 9.12. The summed E-state index contributed by atoms with van der Waals surface area (Å²) in [6, 6.07) is 0.0532. The van der Waals surface area contributed by atoms with Gasteiger partial charge in [0, 0.05) is 12.5 Å². The number of hydroxylamine groups is 2. The molecule has 0 saturated carbocycles. The van der Waals surface area contributed by atoms with Gasteiger partial charge in [0.1, 0.15) is 12.2 Å². The van der Waals surface area contributed by atoms with Crippen LogP contribution in [0.15, 0.2) is 0 Å². The maximum Gasteiger partial charge on any atom is 0.264 e.